The third-order valence-electron chi connectivity index (χ3n) is 0.144. The van der Waals surface area contributed by atoms with Crippen LogP contribution in [0.1, 0.15) is 0 Å². The molecule has 0 amide bonds. The number of hydrogen-bond acceptors (Lipinski definition) is 0. The van der Waals surface area contributed by atoms with Crippen molar-refractivity contribution in [3.05, 3.63) is 6.42 Å². The van der Waals surface area contributed by atoms with Gasteiger partial charge in [-0.15, -0.1) is 0 Å². The van der Waals surface area contributed by atoms with E-state index >= 15 is 0 Å². The van der Waals surface area contributed by atoms with Crippen molar-refractivity contribution in [1.82, 2.24) is 0 Å². The van der Waals surface area contributed by atoms with Gasteiger partial charge in [0, 0.05) is 0 Å². The first-order valence-electron chi connectivity index (χ1n) is 0.827. The monoisotopic (exact) mass is 140 g/mol. The Balaban J connectivity index is 0. The Morgan fingerprint density at radius 3 is 1.40 bits per heavy atom. The molecule has 2 heteroatoms. The molecule has 1 aliphatic carbocycles. The van der Waals surface area contributed by atoms with Crippen LogP contribution in [-0.4, -0.2) is 23.1 Å². The molecule has 0 N–H and O–H groups in total. The molecule has 0 saturated carbocycles. The van der Waals surface area contributed by atoms with Crippen molar-refractivity contribution >= 4 is 23.1 Å². The maximum Gasteiger partial charge on any atom is 2.00 e. The minimum Gasteiger partial charge on any atom is -1.00 e. The maximum atomic E-state index is 2.62. The minimum absolute atomic E-state index is 0. The van der Waals surface area contributed by atoms with E-state index in [4.69, 9.17) is 0 Å². The van der Waals surface area contributed by atoms with Crippen molar-refractivity contribution in [2.24, 2.45) is 0 Å². The third kappa shape index (κ3) is 11.9. The van der Waals surface area contributed by atoms with E-state index < -0.39 is 0 Å². The van der Waals surface area contributed by atoms with Gasteiger partial charge in [-0.05, 0) is 0 Å². The first-order chi connectivity index (χ1) is 1.50. The largest absolute Gasteiger partial charge is 2.00 e. The summed E-state index contributed by atoms with van der Waals surface area (Å²) >= 11 is 0. The SMILES string of the molecule is C1#C[CH-]1.[Br-].[Mg+2]. The quantitative estimate of drug-likeness (QED) is 0.190. The molecule has 0 unspecified atom stereocenters. The van der Waals surface area contributed by atoms with Gasteiger partial charge in [-0.2, -0.15) is 0 Å². The Labute approximate surface area is 58.2 Å². The second-order valence-corrected chi connectivity index (χ2v) is 0.433. The molecule has 0 spiro atoms. The molecular weight excluding hydrogens is 140 g/mol. The molecule has 0 aromatic carbocycles. The van der Waals surface area contributed by atoms with Gasteiger partial charge in [0.25, 0.3) is 0 Å². The molecule has 0 aromatic rings. The van der Waals surface area contributed by atoms with Gasteiger partial charge in [0.1, 0.15) is 0 Å². The van der Waals surface area contributed by atoms with E-state index in [0.29, 0.717) is 0 Å². The molecule has 0 aromatic heterocycles. The van der Waals surface area contributed by atoms with E-state index in [9.17, 15) is 0 Å². The Hall–Kier alpha value is 0.676. The van der Waals surface area contributed by atoms with Crippen molar-refractivity contribution in [3.8, 4) is 11.8 Å². The first-order valence-corrected chi connectivity index (χ1v) is 0.827. The van der Waals surface area contributed by atoms with Gasteiger partial charge >= 0.3 is 23.1 Å². The number of rotatable bonds is 0. The molecule has 1 aliphatic rings. The van der Waals surface area contributed by atoms with Crippen LogP contribution in [0.2, 0.25) is 0 Å². The van der Waals surface area contributed by atoms with Gasteiger partial charge in [0.15, 0.2) is 0 Å². The zero-order valence-corrected chi connectivity index (χ0v) is 5.66. The van der Waals surface area contributed by atoms with Crippen molar-refractivity contribution in [2.45, 2.75) is 0 Å². The number of halogens is 1. The molecule has 1 rings (SSSR count). The molecule has 0 radical (unpaired) electrons. The van der Waals surface area contributed by atoms with Crippen LogP contribution >= 0.6 is 0 Å². The van der Waals surface area contributed by atoms with Gasteiger partial charge in [-0.25, -0.2) is 6.42 Å². The molecule has 0 aliphatic heterocycles. The van der Waals surface area contributed by atoms with E-state index in [-0.39, 0.29) is 40.0 Å². The fourth-order valence-corrected chi connectivity index (χ4v) is 0. The molecule has 0 atom stereocenters. The third-order valence-corrected chi connectivity index (χ3v) is 0.144. The zero-order valence-electron chi connectivity index (χ0n) is 2.66. The van der Waals surface area contributed by atoms with Crippen molar-refractivity contribution in [2.75, 3.05) is 0 Å². The van der Waals surface area contributed by atoms with E-state index in [0.717, 1.165) is 0 Å². The van der Waals surface area contributed by atoms with Crippen LogP contribution in [-0.2, 0) is 0 Å². The summed E-state index contributed by atoms with van der Waals surface area (Å²) < 4.78 is 0. The Kier molecular flexibility index (Phi) is 8.59. The second-order valence-electron chi connectivity index (χ2n) is 0.433. The van der Waals surface area contributed by atoms with E-state index in [1.54, 1.807) is 6.42 Å². The van der Waals surface area contributed by atoms with Gasteiger partial charge in [0.05, 0.1) is 0 Å². The molecule has 0 saturated heterocycles. The fourth-order valence-electron chi connectivity index (χ4n) is 0. The smallest absolute Gasteiger partial charge is 1.00 e. The molecule has 5 heavy (non-hydrogen) atoms. The van der Waals surface area contributed by atoms with Crippen molar-refractivity contribution in [3.63, 3.8) is 0 Å². The summed E-state index contributed by atoms with van der Waals surface area (Å²) in [6.45, 7) is 0. The second kappa shape index (κ2) is 4.68. The van der Waals surface area contributed by atoms with E-state index in [1.165, 1.54) is 0 Å². The van der Waals surface area contributed by atoms with Crippen LogP contribution in [0.15, 0.2) is 0 Å². The first kappa shape index (κ1) is 9.18. The zero-order chi connectivity index (χ0) is 2.12. The summed E-state index contributed by atoms with van der Waals surface area (Å²) in [5, 5.41) is 0. The average Bonchev–Trinajstić information content (AvgIpc) is 1.46. The molecule has 0 bridgehead atoms. The molecule has 0 heterocycles. The fraction of sp³-hybridized carbons (Fsp3) is 0. The summed E-state index contributed by atoms with van der Waals surface area (Å²) in [5.41, 5.74) is 0. The van der Waals surface area contributed by atoms with Crippen LogP contribution in [0.4, 0.5) is 0 Å². The summed E-state index contributed by atoms with van der Waals surface area (Å²) in [5.74, 6) is 5.25. The van der Waals surface area contributed by atoms with Crippen LogP contribution in [0.5, 0.6) is 0 Å². The van der Waals surface area contributed by atoms with Crippen LogP contribution in [0.3, 0.4) is 0 Å². The van der Waals surface area contributed by atoms with Crippen LogP contribution in [0, 0.1) is 18.3 Å². The van der Waals surface area contributed by atoms with Crippen molar-refractivity contribution in [1.29, 1.82) is 0 Å². The predicted octanol–water partition coefficient (Wildman–Crippen LogP) is -3.17. The summed E-state index contributed by atoms with van der Waals surface area (Å²) in [4.78, 5) is 0. The van der Waals surface area contributed by atoms with Crippen molar-refractivity contribution < 1.29 is 17.0 Å². The van der Waals surface area contributed by atoms with Gasteiger partial charge in [-0.3, -0.25) is 0 Å². The van der Waals surface area contributed by atoms with Gasteiger partial charge < -0.3 is 28.8 Å². The van der Waals surface area contributed by atoms with Gasteiger partial charge in [-0.1, -0.05) is 0 Å². The molecule has 22 valence electrons. The average molecular weight is 141 g/mol. The Bertz CT molecular complexity index is 53.0. The topological polar surface area (TPSA) is 0 Å². The predicted molar refractivity (Wildman–Crippen MR) is 17.8 cm³/mol. The van der Waals surface area contributed by atoms with E-state index in [2.05, 4.69) is 11.8 Å². The van der Waals surface area contributed by atoms with Gasteiger partial charge in [0.2, 0.25) is 0 Å². The normalized spacial score (nSPS) is 6.40. The molecule has 0 nitrogen and oxygen atoms in total. The molecule has 0 fully saturated rings. The Morgan fingerprint density at radius 1 is 1.20 bits per heavy atom. The Morgan fingerprint density at radius 2 is 1.40 bits per heavy atom. The standard InChI is InChI=1S/C3H.BrH.Mg/c1-2-3-1;;/h1H;1H;/q-1;;+2/p-1. The number of hydrogen-bond donors (Lipinski definition) is 0. The maximum absolute atomic E-state index is 2.62. The van der Waals surface area contributed by atoms with Crippen LogP contribution in [0.25, 0.3) is 0 Å². The molecular formula is C3HBrMg. The summed E-state index contributed by atoms with van der Waals surface area (Å²) in [6, 6.07) is 0. The van der Waals surface area contributed by atoms with Crippen LogP contribution < -0.4 is 17.0 Å². The summed E-state index contributed by atoms with van der Waals surface area (Å²) in [6.07, 6.45) is 1.75. The minimum atomic E-state index is 0. The van der Waals surface area contributed by atoms with E-state index in [1.807, 2.05) is 0 Å². The summed E-state index contributed by atoms with van der Waals surface area (Å²) in [7, 11) is 0.